The van der Waals surface area contributed by atoms with Gasteiger partial charge < -0.3 is 24.7 Å². The topological polar surface area (TPSA) is 144 Å². The summed E-state index contributed by atoms with van der Waals surface area (Å²) in [4.78, 5) is 0.539. The van der Waals surface area contributed by atoms with Gasteiger partial charge in [0.1, 0.15) is 11.5 Å². The normalized spacial score (nSPS) is 14.0. The van der Waals surface area contributed by atoms with Gasteiger partial charge in [-0.2, -0.15) is 4.31 Å². The predicted molar refractivity (Wildman–Crippen MR) is 134 cm³/mol. The van der Waals surface area contributed by atoms with Gasteiger partial charge in [0.05, 0.1) is 11.7 Å². The van der Waals surface area contributed by atoms with Gasteiger partial charge in [-0.15, -0.1) is 11.3 Å². The molecule has 0 aliphatic heterocycles. The summed E-state index contributed by atoms with van der Waals surface area (Å²) >= 11 is -0.907. The summed E-state index contributed by atoms with van der Waals surface area (Å²) < 4.78 is 53.2. The number of nitrogens with one attached hydrogen (secondary N) is 2. The molecule has 2 atom stereocenters. The summed E-state index contributed by atoms with van der Waals surface area (Å²) in [7, 11) is -3.86. The summed E-state index contributed by atoms with van der Waals surface area (Å²) in [5.41, 5.74) is -0.114. The standard InChI is InChI=1S/C21H31N5O5S3/c1-8-26(9-2)34(29,30)20-16(27)15(13(4)32-20)22-18-19(25-33(28)24-18)23-17(21(5,6)7)14-11-10-12(3)31-14/h10-11,17,27H,8-9H2,1-7H3,(H,22,24)(H,23,25)/t17-,33?/m0/s1. The Morgan fingerprint density at radius 2 is 1.82 bits per heavy atom. The van der Waals surface area contributed by atoms with Crippen LogP contribution in [0.5, 0.6) is 5.75 Å². The van der Waals surface area contributed by atoms with Crippen LogP contribution in [-0.2, 0) is 10.0 Å². The van der Waals surface area contributed by atoms with Gasteiger partial charge in [0.2, 0.25) is 11.6 Å². The minimum absolute atomic E-state index is 0.138. The molecule has 3 rings (SSSR count). The first kappa shape index (κ1) is 26.4. The fourth-order valence-electron chi connectivity index (χ4n) is 3.53. The van der Waals surface area contributed by atoms with Crippen LogP contribution in [0.15, 0.2) is 20.8 Å². The minimum Gasteiger partial charge on any atom is -0.546 e. The van der Waals surface area contributed by atoms with Crippen molar-refractivity contribution in [2.24, 2.45) is 5.41 Å². The highest BCUT2D eigenvalue weighted by Gasteiger charge is 2.34. The zero-order valence-electron chi connectivity index (χ0n) is 20.3. The Kier molecular flexibility index (Phi) is 7.63. The maximum atomic E-state index is 13.0. The van der Waals surface area contributed by atoms with Crippen molar-refractivity contribution in [3.05, 3.63) is 28.5 Å². The molecule has 0 spiro atoms. The van der Waals surface area contributed by atoms with Crippen molar-refractivity contribution in [1.82, 2.24) is 13.1 Å². The van der Waals surface area contributed by atoms with E-state index < -0.39 is 26.9 Å². The van der Waals surface area contributed by atoms with E-state index in [9.17, 15) is 18.1 Å². The first-order chi connectivity index (χ1) is 15.8. The molecule has 0 fully saturated rings. The molecule has 3 aromatic rings. The lowest BCUT2D eigenvalue weighted by molar-refractivity contribution is 0.300. The van der Waals surface area contributed by atoms with Crippen LogP contribution in [0, 0.1) is 19.3 Å². The first-order valence-corrected chi connectivity index (χ1v) is 14.1. The Labute approximate surface area is 207 Å². The lowest BCUT2D eigenvalue weighted by Crippen LogP contribution is -2.30. The second-order valence-electron chi connectivity index (χ2n) is 8.89. The molecule has 3 heterocycles. The van der Waals surface area contributed by atoms with Crippen molar-refractivity contribution >= 4 is 49.8 Å². The van der Waals surface area contributed by atoms with Gasteiger partial charge in [-0.25, -0.2) is 8.42 Å². The van der Waals surface area contributed by atoms with E-state index in [0.717, 1.165) is 17.1 Å². The second kappa shape index (κ2) is 9.82. The summed E-state index contributed by atoms with van der Waals surface area (Å²) in [5.74, 6) is 1.41. The molecular weight excluding hydrogens is 498 g/mol. The molecule has 0 aliphatic rings. The fraction of sp³-hybridized carbons (Fsp3) is 0.524. The summed E-state index contributed by atoms with van der Waals surface area (Å²) in [6.45, 7) is 13.7. The van der Waals surface area contributed by atoms with E-state index in [0.29, 0.717) is 10.6 Å². The Morgan fingerprint density at radius 3 is 2.35 bits per heavy atom. The SMILES string of the molecule is CCN(CC)S(=O)(=O)c1sc(C)c(Nc2n[s+]([O-])nc2N[C@@H](c2ccc(C)o2)C(C)(C)C)c1O. The largest absolute Gasteiger partial charge is 0.546 e. The van der Waals surface area contributed by atoms with E-state index in [1.807, 2.05) is 39.8 Å². The fourth-order valence-corrected chi connectivity index (χ4v) is 7.25. The number of aryl methyl sites for hydroxylation is 2. The molecule has 0 radical (unpaired) electrons. The predicted octanol–water partition coefficient (Wildman–Crippen LogP) is 5.15. The van der Waals surface area contributed by atoms with Gasteiger partial charge in [-0.3, -0.25) is 0 Å². The van der Waals surface area contributed by atoms with Crippen molar-refractivity contribution in [3.63, 3.8) is 0 Å². The van der Waals surface area contributed by atoms with Gasteiger partial charge in [-0.05, 0) is 31.4 Å². The van der Waals surface area contributed by atoms with E-state index in [1.54, 1.807) is 20.8 Å². The molecule has 34 heavy (non-hydrogen) atoms. The highest BCUT2D eigenvalue weighted by molar-refractivity contribution is 7.91. The maximum Gasteiger partial charge on any atom is 0.256 e. The van der Waals surface area contributed by atoms with Crippen LogP contribution in [0.25, 0.3) is 0 Å². The van der Waals surface area contributed by atoms with Gasteiger partial charge in [0.15, 0.2) is 21.1 Å². The van der Waals surface area contributed by atoms with Crippen molar-refractivity contribution < 1.29 is 22.5 Å². The number of aromatic hydroxyl groups is 1. The maximum absolute atomic E-state index is 13.0. The molecule has 10 nitrogen and oxygen atoms in total. The van der Waals surface area contributed by atoms with Crippen molar-refractivity contribution in [2.75, 3.05) is 23.7 Å². The zero-order chi connectivity index (χ0) is 25.4. The lowest BCUT2D eigenvalue weighted by Gasteiger charge is -2.29. The van der Waals surface area contributed by atoms with Crippen molar-refractivity contribution in [3.8, 4) is 5.75 Å². The minimum atomic E-state index is -3.86. The number of anilines is 3. The molecule has 0 saturated heterocycles. The van der Waals surface area contributed by atoms with Crippen LogP contribution in [0.2, 0.25) is 0 Å². The third-order valence-electron chi connectivity index (χ3n) is 5.31. The lowest BCUT2D eigenvalue weighted by atomic mass is 9.85. The average Bonchev–Trinajstić information content (AvgIpc) is 3.39. The molecule has 3 N–H and O–H groups in total. The third-order valence-corrected chi connectivity index (χ3v) is 9.61. The van der Waals surface area contributed by atoms with Crippen molar-refractivity contribution in [2.45, 2.75) is 58.7 Å². The van der Waals surface area contributed by atoms with Crippen LogP contribution >= 0.6 is 22.5 Å². The van der Waals surface area contributed by atoms with Gasteiger partial charge in [0, 0.05) is 26.7 Å². The molecule has 0 bridgehead atoms. The number of hydrogen-bond acceptors (Lipinski definition) is 10. The Balaban J connectivity index is 1.98. The van der Waals surface area contributed by atoms with Gasteiger partial charge in [0.25, 0.3) is 10.0 Å². The molecule has 0 aromatic carbocycles. The van der Waals surface area contributed by atoms with E-state index in [-0.39, 0.29) is 46.1 Å². The smallest absolute Gasteiger partial charge is 0.256 e. The molecule has 0 saturated carbocycles. The Hall–Kier alpha value is -2.19. The molecule has 0 amide bonds. The molecule has 13 heteroatoms. The summed E-state index contributed by atoms with van der Waals surface area (Å²) in [6, 6.07) is 3.41. The number of furan rings is 1. The number of hydrogen-bond donors (Lipinski definition) is 3. The van der Waals surface area contributed by atoms with E-state index in [2.05, 4.69) is 19.4 Å². The number of sulfonamides is 1. The number of nitrogens with zero attached hydrogens (tertiary/aromatic N) is 3. The van der Waals surface area contributed by atoms with Crippen LogP contribution in [0.3, 0.4) is 0 Å². The molecule has 0 aliphatic carbocycles. The highest BCUT2D eigenvalue weighted by atomic mass is 32.2. The molecular formula is C21H31N5O5S3. The zero-order valence-corrected chi connectivity index (χ0v) is 22.7. The summed E-state index contributed by atoms with van der Waals surface area (Å²) in [6.07, 6.45) is 0. The van der Waals surface area contributed by atoms with Crippen LogP contribution in [-0.4, -0.2) is 44.2 Å². The molecule has 188 valence electrons. The van der Waals surface area contributed by atoms with Gasteiger partial charge >= 0.3 is 0 Å². The second-order valence-corrected chi connectivity index (χ2v) is 13.1. The Morgan fingerprint density at radius 1 is 1.21 bits per heavy atom. The van der Waals surface area contributed by atoms with Crippen LogP contribution in [0.4, 0.5) is 17.3 Å². The Bertz CT molecular complexity index is 1250. The van der Waals surface area contributed by atoms with Crippen molar-refractivity contribution in [1.29, 1.82) is 0 Å². The van der Waals surface area contributed by atoms with Crippen LogP contribution < -0.4 is 10.6 Å². The van der Waals surface area contributed by atoms with E-state index in [4.69, 9.17) is 4.42 Å². The third kappa shape index (κ3) is 5.23. The van der Waals surface area contributed by atoms with E-state index >= 15 is 0 Å². The number of rotatable bonds is 9. The number of aromatic nitrogens is 2. The quantitative estimate of drug-likeness (QED) is 0.320. The first-order valence-electron chi connectivity index (χ1n) is 10.8. The monoisotopic (exact) mass is 529 g/mol. The average molecular weight is 530 g/mol. The summed E-state index contributed by atoms with van der Waals surface area (Å²) in [5, 5.41) is 17.0. The van der Waals surface area contributed by atoms with Crippen LogP contribution in [0.1, 0.15) is 57.1 Å². The highest BCUT2D eigenvalue weighted by Crippen LogP contribution is 2.45. The number of thiophene rings is 1. The molecule has 3 aromatic heterocycles. The molecule has 1 unspecified atom stereocenters. The van der Waals surface area contributed by atoms with E-state index in [1.165, 1.54) is 4.31 Å². The van der Waals surface area contributed by atoms with Gasteiger partial charge in [-0.1, -0.05) is 34.6 Å².